The lowest BCUT2D eigenvalue weighted by atomic mass is 9.97. The minimum atomic E-state index is -0.711. The summed E-state index contributed by atoms with van der Waals surface area (Å²) in [5.74, 6) is -0.608. The van der Waals surface area contributed by atoms with Gasteiger partial charge in [0.25, 0.3) is 5.91 Å². The summed E-state index contributed by atoms with van der Waals surface area (Å²) in [4.78, 5) is 32.5. The minimum absolute atomic E-state index is 0.0330. The second-order valence-corrected chi connectivity index (χ2v) is 7.18. The van der Waals surface area contributed by atoms with Crippen molar-refractivity contribution in [3.8, 4) is 0 Å². The van der Waals surface area contributed by atoms with Crippen molar-refractivity contribution in [2.45, 2.75) is 19.4 Å². The molecule has 3 heterocycles. The van der Waals surface area contributed by atoms with Crippen molar-refractivity contribution in [3.63, 3.8) is 0 Å². The zero-order valence-corrected chi connectivity index (χ0v) is 16.1. The van der Waals surface area contributed by atoms with E-state index in [1.165, 1.54) is 17.0 Å². The molecule has 0 bridgehead atoms. The Balaban J connectivity index is 1.80. The van der Waals surface area contributed by atoms with E-state index < -0.39 is 23.2 Å². The number of amides is 1. The molecule has 1 atom stereocenters. The van der Waals surface area contributed by atoms with Crippen LogP contribution in [-0.2, 0) is 6.42 Å². The van der Waals surface area contributed by atoms with Crippen molar-refractivity contribution in [1.82, 2.24) is 4.98 Å². The molecule has 2 aromatic carbocycles. The van der Waals surface area contributed by atoms with Crippen molar-refractivity contribution < 1.29 is 13.6 Å². The van der Waals surface area contributed by atoms with E-state index in [1.54, 1.807) is 24.4 Å². The lowest BCUT2D eigenvalue weighted by molar-refractivity contribution is 0.0970. The van der Waals surface area contributed by atoms with E-state index in [0.29, 0.717) is 5.82 Å². The van der Waals surface area contributed by atoms with E-state index in [1.807, 2.05) is 24.3 Å². The number of aryl methyl sites for hydroxylation is 1. The molecule has 30 heavy (non-hydrogen) atoms. The third-order valence-corrected chi connectivity index (χ3v) is 5.43. The molecule has 0 spiro atoms. The van der Waals surface area contributed by atoms with Gasteiger partial charge in [0, 0.05) is 6.20 Å². The first kappa shape index (κ1) is 18.2. The minimum Gasteiger partial charge on any atom is -0.450 e. The number of aromatic nitrogens is 1. The maximum absolute atomic E-state index is 13.8. The van der Waals surface area contributed by atoms with Gasteiger partial charge in [0.15, 0.2) is 5.43 Å². The Morgan fingerprint density at radius 1 is 1.07 bits per heavy atom. The Labute approximate surface area is 171 Å². The molecule has 0 saturated carbocycles. The molecular weight excluding hydrogens is 383 g/mol. The zero-order chi connectivity index (χ0) is 20.8. The Morgan fingerprint density at radius 3 is 2.57 bits per heavy atom. The van der Waals surface area contributed by atoms with E-state index in [-0.39, 0.29) is 22.3 Å². The maximum Gasteiger partial charge on any atom is 0.296 e. The number of benzene rings is 2. The van der Waals surface area contributed by atoms with Gasteiger partial charge in [0.2, 0.25) is 5.76 Å². The maximum atomic E-state index is 13.8. The molecule has 1 aliphatic heterocycles. The molecule has 1 aliphatic rings. The average Bonchev–Trinajstić information content (AvgIpc) is 3.07. The van der Waals surface area contributed by atoms with Gasteiger partial charge in [-0.1, -0.05) is 37.3 Å². The van der Waals surface area contributed by atoms with Crippen molar-refractivity contribution in [1.29, 1.82) is 0 Å². The van der Waals surface area contributed by atoms with Gasteiger partial charge in [-0.2, -0.15) is 0 Å². The first-order valence-corrected chi connectivity index (χ1v) is 9.68. The van der Waals surface area contributed by atoms with Crippen molar-refractivity contribution >= 4 is 22.7 Å². The van der Waals surface area contributed by atoms with Crippen LogP contribution in [0.15, 0.2) is 76.1 Å². The molecule has 6 heteroatoms. The summed E-state index contributed by atoms with van der Waals surface area (Å²) in [5.41, 5.74) is 1.86. The van der Waals surface area contributed by atoms with Crippen LogP contribution in [-0.4, -0.2) is 10.9 Å². The Bertz CT molecular complexity index is 1330. The molecule has 0 radical (unpaired) electrons. The molecule has 4 aromatic rings. The lowest BCUT2D eigenvalue weighted by Crippen LogP contribution is -2.30. The highest BCUT2D eigenvalue weighted by Gasteiger charge is 2.44. The number of pyridine rings is 1. The fourth-order valence-corrected chi connectivity index (χ4v) is 3.93. The molecule has 1 unspecified atom stereocenters. The van der Waals surface area contributed by atoms with Crippen molar-refractivity contribution in [2.24, 2.45) is 0 Å². The molecule has 0 saturated heterocycles. The highest BCUT2D eigenvalue weighted by molar-refractivity contribution is 6.10. The monoisotopic (exact) mass is 400 g/mol. The fourth-order valence-electron chi connectivity index (χ4n) is 3.93. The topological polar surface area (TPSA) is 63.4 Å². The number of nitrogens with zero attached hydrogens (tertiary/aromatic N) is 2. The molecule has 0 aliphatic carbocycles. The van der Waals surface area contributed by atoms with Gasteiger partial charge in [0.1, 0.15) is 17.2 Å². The van der Waals surface area contributed by atoms with Gasteiger partial charge >= 0.3 is 0 Å². The largest absolute Gasteiger partial charge is 0.450 e. The summed E-state index contributed by atoms with van der Waals surface area (Å²) in [5, 5.41) is 0.111. The number of anilines is 1. The van der Waals surface area contributed by atoms with E-state index in [0.717, 1.165) is 23.6 Å². The number of hydrogen-bond acceptors (Lipinski definition) is 4. The molecule has 0 N–H and O–H groups in total. The van der Waals surface area contributed by atoms with Crippen LogP contribution in [0.25, 0.3) is 11.0 Å². The summed E-state index contributed by atoms with van der Waals surface area (Å²) in [6, 6.07) is 16.0. The van der Waals surface area contributed by atoms with Gasteiger partial charge in [-0.15, -0.1) is 0 Å². The number of rotatable bonds is 3. The van der Waals surface area contributed by atoms with Gasteiger partial charge in [-0.25, -0.2) is 9.37 Å². The number of fused-ring (bicyclic) bond motifs is 2. The predicted molar refractivity (Wildman–Crippen MR) is 111 cm³/mol. The second kappa shape index (κ2) is 6.91. The first-order valence-electron chi connectivity index (χ1n) is 9.68. The van der Waals surface area contributed by atoms with Crippen LogP contribution in [0.3, 0.4) is 0 Å². The Morgan fingerprint density at radius 2 is 1.87 bits per heavy atom. The third-order valence-electron chi connectivity index (χ3n) is 5.43. The number of hydrogen-bond donors (Lipinski definition) is 0. The number of carbonyl (C=O) groups is 1. The number of halogens is 1. The van der Waals surface area contributed by atoms with E-state index in [9.17, 15) is 14.0 Å². The van der Waals surface area contributed by atoms with Crippen molar-refractivity contribution in [3.05, 3.63) is 105 Å². The molecule has 5 nitrogen and oxygen atoms in total. The van der Waals surface area contributed by atoms with Gasteiger partial charge in [-0.3, -0.25) is 14.5 Å². The van der Waals surface area contributed by atoms with Crippen LogP contribution in [0.5, 0.6) is 0 Å². The summed E-state index contributed by atoms with van der Waals surface area (Å²) < 4.78 is 19.6. The second-order valence-electron chi connectivity index (χ2n) is 7.18. The van der Waals surface area contributed by atoms with Crippen LogP contribution >= 0.6 is 0 Å². The third kappa shape index (κ3) is 2.72. The highest BCUT2D eigenvalue weighted by Crippen LogP contribution is 2.40. The molecule has 148 valence electrons. The SMILES string of the molecule is CCc1ccc(C2c3c(oc4ccc(F)cc4c3=O)C(=O)N2c2ccccn2)cc1. The highest BCUT2D eigenvalue weighted by atomic mass is 19.1. The summed E-state index contributed by atoms with van der Waals surface area (Å²) in [6.45, 7) is 2.05. The van der Waals surface area contributed by atoms with Crippen LogP contribution in [0.2, 0.25) is 0 Å². The van der Waals surface area contributed by atoms with E-state index in [4.69, 9.17) is 4.42 Å². The van der Waals surface area contributed by atoms with Gasteiger partial charge < -0.3 is 4.42 Å². The summed E-state index contributed by atoms with van der Waals surface area (Å²) in [7, 11) is 0. The summed E-state index contributed by atoms with van der Waals surface area (Å²) in [6.07, 6.45) is 2.46. The van der Waals surface area contributed by atoms with Crippen LogP contribution in [0, 0.1) is 5.82 Å². The molecule has 2 aromatic heterocycles. The molecule has 1 amide bonds. The van der Waals surface area contributed by atoms with Crippen LogP contribution < -0.4 is 10.3 Å². The van der Waals surface area contributed by atoms with Crippen LogP contribution in [0.1, 0.15) is 40.2 Å². The first-order chi connectivity index (χ1) is 14.6. The lowest BCUT2D eigenvalue weighted by Gasteiger charge is -2.24. The zero-order valence-electron chi connectivity index (χ0n) is 16.1. The Hall–Kier alpha value is -3.80. The molecule has 5 rings (SSSR count). The van der Waals surface area contributed by atoms with Crippen LogP contribution in [0.4, 0.5) is 10.2 Å². The Kier molecular flexibility index (Phi) is 4.20. The smallest absolute Gasteiger partial charge is 0.296 e. The summed E-state index contributed by atoms with van der Waals surface area (Å²) >= 11 is 0. The average molecular weight is 400 g/mol. The van der Waals surface area contributed by atoms with E-state index in [2.05, 4.69) is 11.9 Å². The predicted octanol–water partition coefficient (Wildman–Crippen LogP) is 4.64. The van der Waals surface area contributed by atoms with E-state index >= 15 is 0 Å². The van der Waals surface area contributed by atoms with Gasteiger partial charge in [0.05, 0.1) is 17.0 Å². The standard InChI is InChI=1S/C24H17FN2O3/c1-2-14-6-8-15(9-7-14)21-20-22(28)17-13-16(25)10-11-18(17)30-23(20)24(29)27(21)19-5-3-4-12-26-19/h3-13,21H,2H2,1H3. The quantitative estimate of drug-likeness (QED) is 0.503. The number of carbonyl (C=O) groups excluding carboxylic acids is 1. The fraction of sp³-hybridized carbons (Fsp3) is 0.125. The van der Waals surface area contributed by atoms with Gasteiger partial charge in [-0.05, 0) is 47.9 Å². The molecule has 0 fully saturated rings. The normalized spacial score (nSPS) is 15.6. The van der Waals surface area contributed by atoms with Crippen molar-refractivity contribution in [2.75, 3.05) is 4.90 Å². The molecular formula is C24H17FN2O3.